The molecule has 3 rings (SSSR count). The normalized spacial score (nSPS) is 16.8. The molecular formula is C20H25N3O. The van der Waals surface area contributed by atoms with Gasteiger partial charge in [0.15, 0.2) is 0 Å². The van der Waals surface area contributed by atoms with E-state index in [1.54, 1.807) is 0 Å². The first-order valence-corrected chi connectivity index (χ1v) is 8.60. The SMILES string of the molecule is C[C@H](Cc1ccncc1)c1ccc(C(=O)N2CCN(C)CC2)cc1. The molecule has 1 aromatic heterocycles. The highest BCUT2D eigenvalue weighted by Crippen LogP contribution is 2.21. The van der Waals surface area contributed by atoms with Crippen molar-refractivity contribution in [3.05, 3.63) is 65.5 Å². The fraction of sp³-hybridized carbons (Fsp3) is 0.400. The standard InChI is InChI=1S/C20H25N3O/c1-16(15-17-7-9-21-10-8-17)18-3-5-19(6-4-18)20(24)23-13-11-22(2)12-14-23/h3-10,16H,11-15H2,1-2H3/t16-/m1/s1. The molecule has 1 aliphatic rings. The second kappa shape index (κ2) is 7.58. The van der Waals surface area contributed by atoms with Gasteiger partial charge >= 0.3 is 0 Å². The summed E-state index contributed by atoms with van der Waals surface area (Å²) in [4.78, 5) is 20.9. The first-order chi connectivity index (χ1) is 11.6. The number of amides is 1. The summed E-state index contributed by atoms with van der Waals surface area (Å²) in [7, 11) is 2.10. The van der Waals surface area contributed by atoms with Crippen LogP contribution in [0.3, 0.4) is 0 Å². The second-order valence-electron chi connectivity index (χ2n) is 6.68. The predicted molar refractivity (Wildman–Crippen MR) is 96.2 cm³/mol. The van der Waals surface area contributed by atoms with Crippen LogP contribution in [-0.4, -0.2) is 53.9 Å². The summed E-state index contributed by atoms with van der Waals surface area (Å²) >= 11 is 0. The highest BCUT2D eigenvalue weighted by Gasteiger charge is 2.20. The van der Waals surface area contributed by atoms with Crippen molar-refractivity contribution in [2.24, 2.45) is 0 Å². The van der Waals surface area contributed by atoms with Gasteiger partial charge in [-0.2, -0.15) is 0 Å². The van der Waals surface area contributed by atoms with E-state index in [4.69, 9.17) is 0 Å². The lowest BCUT2D eigenvalue weighted by atomic mass is 9.93. The Kier molecular flexibility index (Phi) is 5.26. The fourth-order valence-corrected chi connectivity index (χ4v) is 3.14. The minimum absolute atomic E-state index is 0.149. The van der Waals surface area contributed by atoms with E-state index < -0.39 is 0 Å². The highest BCUT2D eigenvalue weighted by atomic mass is 16.2. The third kappa shape index (κ3) is 4.01. The summed E-state index contributed by atoms with van der Waals surface area (Å²) in [6, 6.07) is 12.2. The first-order valence-electron chi connectivity index (χ1n) is 8.60. The summed E-state index contributed by atoms with van der Waals surface area (Å²) in [6.07, 6.45) is 4.65. The van der Waals surface area contributed by atoms with Crippen molar-refractivity contribution >= 4 is 5.91 Å². The van der Waals surface area contributed by atoms with E-state index >= 15 is 0 Å². The van der Waals surface area contributed by atoms with Crippen molar-refractivity contribution in [3.8, 4) is 0 Å². The lowest BCUT2D eigenvalue weighted by Gasteiger charge is -2.32. The molecule has 0 spiro atoms. The van der Waals surface area contributed by atoms with Crippen LogP contribution in [0.2, 0.25) is 0 Å². The van der Waals surface area contributed by atoms with E-state index in [9.17, 15) is 4.79 Å². The molecule has 24 heavy (non-hydrogen) atoms. The van der Waals surface area contributed by atoms with Gasteiger partial charge in [0.1, 0.15) is 0 Å². The Balaban J connectivity index is 1.63. The third-order valence-electron chi connectivity index (χ3n) is 4.81. The van der Waals surface area contributed by atoms with Gasteiger partial charge in [-0.25, -0.2) is 0 Å². The smallest absolute Gasteiger partial charge is 0.253 e. The Morgan fingerprint density at radius 1 is 1.04 bits per heavy atom. The largest absolute Gasteiger partial charge is 0.336 e. The van der Waals surface area contributed by atoms with E-state index in [1.807, 2.05) is 29.4 Å². The van der Waals surface area contributed by atoms with Crippen LogP contribution >= 0.6 is 0 Å². The van der Waals surface area contributed by atoms with Gasteiger partial charge in [0.2, 0.25) is 0 Å². The predicted octanol–water partition coefficient (Wildman–Crippen LogP) is 2.82. The number of carbonyl (C=O) groups is 1. The fourth-order valence-electron chi connectivity index (χ4n) is 3.14. The summed E-state index contributed by atoms with van der Waals surface area (Å²) < 4.78 is 0. The Bertz CT molecular complexity index is 661. The van der Waals surface area contributed by atoms with Gasteiger partial charge in [0.25, 0.3) is 5.91 Å². The molecule has 0 saturated carbocycles. The van der Waals surface area contributed by atoms with Crippen LogP contribution in [0.1, 0.15) is 34.3 Å². The zero-order valence-corrected chi connectivity index (χ0v) is 14.5. The number of likely N-dealkylation sites (N-methyl/N-ethyl adjacent to an activating group) is 1. The van der Waals surface area contributed by atoms with Crippen LogP contribution in [0.15, 0.2) is 48.8 Å². The molecule has 1 atom stereocenters. The average molecular weight is 323 g/mol. The van der Waals surface area contributed by atoms with E-state index in [1.165, 1.54) is 11.1 Å². The maximum absolute atomic E-state index is 12.6. The maximum atomic E-state index is 12.6. The molecule has 1 aromatic carbocycles. The number of rotatable bonds is 4. The van der Waals surface area contributed by atoms with E-state index in [-0.39, 0.29) is 5.91 Å². The number of benzene rings is 1. The van der Waals surface area contributed by atoms with Gasteiger partial charge in [-0.05, 0) is 54.8 Å². The molecule has 0 N–H and O–H groups in total. The van der Waals surface area contributed by atoms with Crippen LogP contribution in [0.5, 0.6) is 0 Å². The van der Waals surface area contributed by atoms with Gasteiger partial charge in [-0.3, -0.25) is 9.78 Å². The third-order valence-corrected chi connectivity index (χ3v) is 4.81. The Hall–Kier alpha value is -2.20. The van der Waals surface area contributed by atoms with Crippen molar-refractivity contribution in [2.45, 2.75) is 19.3 Å². The quantitative estimate of drug-likeness (QED) is 0.868. The van der Waals surface area contributed by atoms with Crippen molar-refractivity contribution in [3.63, 3.8) is 0 Å². The van der Waals surface area contributed by atoms with Gasteiger partial charge in [-0.15, -0.1) is 0 Å². The summed E-state index contributed by atoms with van der Waals surface area (Å²) in [6.45, 7) is 5.75. The lowest BCUT2D eigenvalue weighted by Crippen LogP contribution is -2.47. The number of aromatic nitrogens is 1. The topological polar surface area (TPSA) is 36.4 Å². The number of carbonyl (C=O) groups excluding carboxylic acids is 1. The summed E-state index contributed by atoms with van der Waals surface area (Å²) in [5, 5.41) is 0. The molecule has 2 aromatic rings. The minimum Gasteiger partial charge on any atom is -0.336 e. The molecule has 126 valence electrons. The van der Waals surface area contributed by atoms with E-state index in [0.29, 0.717) is 5.92 Å². The Labute approximate surface area is 144 Å². The average Bonchev–Trinajstić information content (AvgIpc) is 2.63. The first kappa shape index (κ1) is 16.7. The number of hydrogen-bond acceptors (Lipinski definition) is 3. The number of hydrogen-bond donors (Lipinski definition) is 0. The van der Waals surface area contributed by atoms with Crippen molar-refractivity contribution in [2.75, 3.05) is 33.2 Å². The minimum atomic E-state index is 0.149. The number of nitrogens with zero attached hydrogens (tertiary/aromatic N) is 3. The zero-order valence-electron chi connectivity index (χ0n) is 14.5. The number of piperazine rings is 1. The Morgan fingerprint density at radius 2 is 1.67 bits per heavy atom. The van der Waals surface area contributed by atoms with E-state index in [2.05, 4.69) is 48.1 Å². The van der Waals surface area contributed by atoms with Gasteiger partial charge in [0, 0.05) is 44.1 Å². The molecule has 2 heterocycles. The molecule has 1 fully saturated rings. The molecule has 0 radical (unpaired) electrons. The van der Waals surface area contributed by atoms with Crippen LogP contribution in [0, 0.1) is 0 Å². The van der Waals surface area contributed by atoms with Crippen LogP contribution in [0.4, 0.5) is 0 Å². The van der Waals surface area contributed by atoms with Crippen LogP contribution < -0.4 is 0 Å². The molecule has 4 heteroatoms. The zero-order chi connectivity index (χ0) is 16.9. The van der Waals surface area contributed by atoms with Crippen molar-refractivity contribution in [1.82, 2.24) is 14.8 Å². The lowest BCUT2D eigenvalue weighted by molar-refractivity contribution is 0.0664. The summed E-state index contributed by atoms with van der Waals surface area (Å²) in [5.74, 6) is 0.566. The van der Waals surface area contributed by atoms with E-state index in [0.717, 1.165) is 38.2 Å². The molecule has 1 aliphatic heterocycles. The van der Waals surface area contributed by atoms with Gasteiger partial charge in [-0.1, -0.05) is 19.1 Å². The molecule has 1 amide bonds. The Morgan fingerprint density at radius 3 is 2.29 bits per heavy atom. The molecule has 1 saturated heterocycles. The van der Waals surface area contributed by atoms with Crippen molar-refractivity contribution < 1.29 is 4.79 Å². The van der Waals surface area contributed by atoms with Gasteiger partial charge < -0.3 is 9.80 Å². The molecule has 0 aliphatic carbocycles. The molecule has 0 bridgehead atoms. The molecular weight excluding hydrogens is 298 g/mol. The van der Waals surface area contributed by atoms with Gasteiger partial charge in [0.05, 0.1) is 0 Å². The summed E-state index contributed by atoms with van der Waals surface area (Å²) in [5.41, 5.74) is 3.34. The highest BCUT2D eigenvalue weighted by molar-refractivity contribution is 5.94. The monoisotopic (exact) mass is 323 g/mol. The molecule has 4 nitrogen and oxygen atoms in total. The second-order valence-corrected chi connectivity index (χ2v) is 6.68. The number of pyridine rings is 1. The molecule has 0 unspecified atom stereocenters. The maximum Gasteiger partial charge on any atom is 0.253 e. The van der Waals surface area contributed by atoms with Crippen molar-refractivity contribution in [1.29, 1.82) is 0 Å². The van der Waals surface area contributed by atoms with Crippen LogP contribution in [-0.2, 0) is 6.42 Å². The van der Waals surface area contributed by atoms with Crippen LogP contribution in [0.25, 0.3) is 0 Å².